The molecule has 0 saturated carbocycles. The first kappa shape index (κ1) is 13.4. The quantitative estimate of drug-likeness (QED) is 0.879. The smallest absolute Gasteiger partial charge is 0.326 e. The van der Waals surface area contributed by atoms with Crippen LogP contribution in [0.1, 0.15) is 11.1 Å². The Bertz CT molecular complexity index is 647. The van der Waals surface area contributed by atoms with Crippen molar-refractivity contribution < 1.29 is 13.2 Å². The number of rotatable bonds is 2. The molecule has 0 aliphatic carbocycles. The van der Waals surface area contributed by atoms with Crippen molar-refractivity contribution >= 4 is 0 Å². The number of aromatic nitrogens is 1. The minimum absolute atomic E-state index is 0.0382. The van der Waals surface area contributed by atoms with E-state index in [0.29, 0.717) is 5.56 Å². The first-order valence-corrected chi connectivity index (χ1v) is 5.52. The Morgan fingerprint density at radius 1 is 1.11 bits per heavy atom. The Labute approximate surface area is 106 Å². The van der Waals surface area contributed by atoms with Crippen LogP contribution < -0.4 is 11.3 Å². The maximum atomic E-state index is 12.9. The van der Waals surface area contributed by atoms with Gasteiger partial charge >= 0.3 is 6.18 Å². The molecule has 3 nitrogen and oxygen atoms in total. The van der Waals surface area contributed by atoms with Crippen molar-refractivity contribution in [2.75, 3.05) is 0 Å². The lowest BCUT2D eigenvalue weighted by atomic mass is 10.0. The highest BCUT2D eigenvalue weighted by Gasteiger charge is 2.33. The van der Waals surface area contributed by atoms with Crippen LogP contribution in [0.2, 0.25) is 0 Å². The number of hydrogen-bond donors (Lipinski definition) is 2. The molecule has 1 aromatic carbocycles. The molecule has 2 rings (SSSR count). The van der Waals surface area contributed by atoms with Gasteiger partial charge in [-0.05, 0) is 12.1 Å². The van der Waals surface area contributed by atoms with E-state index in [2.05, 4.69) is 4.98 Å². The first-order valence-electron chi connectivity index (χ1n) is 5.52. The molecule has 0 radical (unpaired) electrons. The predicted octanol–water partition coefficient (Wildman–Crippen LogP) is 2.52. The normalized spacial score (nSPS) is 11.6. The molecular formula is C13H11F3N2O. The number of aromatic amines is 1. The second-order valence-electron chi connectivity index (χ2n) is 3.97. The number of H-pyrrole nitrogens is 1. The molecule has 0 atom stereocenters. The third-order valence-corrected chi connectivity index (χ3v) is 2.73. The fourth-order valence-electron chi connectivity index (χ4n) is 1.79. The zero-order valence-corrected chi connectivity index (χ0v) is 9.79. The minimum Gasteiger partial charge on any atom is -0.326 e. The van der Waals surface area contributed by atoms with Gasteiger partial charge in [0.25, 0.3) is 5.56 Å². The Kier molecular flexibility index (Phi) is 3.44. The maximum Gasteiger partial charge on any atom is 0.417 e. The predicted molar refractivity (Wildman–Crippen MR) is 65.4 cm³/mol. The monoisotopic (exact) mass is 268 g/mol. The van der Waals surface area contributed by atoms with Crippen molar-refractivity contribution in [3.8, 4) is 11.3 Å². The van der Waals surface area contributed by atoms with Gasteiger partial charge in [-0.15, -0.1) is 0 Å². The second-order valence-corrected chi connectivity index (χ2v) is 3.97. The average molecular weight is 268 g/mol. The SMILES string of the molecule is NCc1ccc(-c2ccccc2C(F)(F)F)[nH]c1=O. The molecule has 0 amide bonds. The number of pyridine rings is 1. The van der Waals surface area contributed by atoms with E-state index in [1.807, 2.05) is 0 Å². The van der Waals surface area contributed by atoms with Crippen LogP contribution >= 0.6 is 0 Å². The van der Waals surface area contributed by atoms with Gasteiger partial charge in [0.2, 0.25) is 0 Å². The Hall–Kier alpha value is -2.08. The van der Waals surface area contributed by atoms with Crippen LogP contribution in [0, 0.1) is 0 Å². The molecule has 3 N–H and O–H groups in total. The molecule has 2 aromatic rings. The van der Waals surface area contributed by atoms with Crippen LogP contribution in [0.4, 0.5) is 13.2 Å². The lowest BCUT2D eigenvalue weighted by Crippen LogP contribution is -2.16. The van der Waals surface area contributed by atoms with Crippen molar-refractivity contribution in [2.45, 2.75) is 12.7 Å². The minimum atomic E-state index is -4.47. The summed E-state index contributed by atoms with van der Waals surface area (Å²) in [7, 11) is 0. The molecule has 0 fully saturated rings. The molecule has 19 heavy (non-hydrogen) atoms. The Morgan fingerprint density at radius 2 is 1.79 bits per heavy atom. The summed E-state index contributed by atoms with van der Waals surface area (Å²) < 4.78 is 38.6. The molecule has 0 aliphatic heterocycles. The van der Waals surface area contributed by atoms with E-state index in [1.165, 1.54) is 30.3 Å². The molecule has 0 bridgehead atoms. The number of nitrogens with one attached hydrogen (secondary N) is 1. The summed E-state index contributed by atoms with van der Waals surface area (Å²) in [6, 6.07) is 7.94. The van der Waals surface area contributed by atoms with Gasteiger partial charge in [-0.25, -0.2) is 0 Å². The zero-order valence-electron chi connectivity index (χ0n) is 9.79. The molecular weight excluding hydrogens is 257 g/mol. The standard InChI is InChI=1S/C13H11F3N2O/c14-13(15,16)10-4-2-1-3-9(10)11-6-5-8(7-17)12(19)18-11/h1-6H,7,17H2,(H,18,19). The Morgan fingerprint density at radius 3 is 2.37 bits per heavy atom. The number of alkyl halides is 3. The van der Waals surface area contributed by atoms with E-state index in [-0.39, 0.29) is 17.8 Å². The molecule has 1 aromatic heterocycles. The number of nitrogens with two attached hydrogens (primary N) is 1. The van der Waals surface area contributed by atoms with Crippen molar-refractivity contribution in [2.24, 2.45) is 5.73 Å². The van der Waals surface area contributed by atoms with Crippen LogP contribution in [-0.4, -0.2) is 4.98 Å². The van der Waals surface area contributed by atoms with Gasteiger partial charge in [0.15, 0.2) is 0 Å². The molecule has 0 saturated heterocycles. The van der Waals surface area contributed by atoms with Gasteiger partial charge in [0.1, 0.15) is 0 Å². The van der Waals surface area contributed by atoms with E-state index in [9.17, 15) is 18.0 Å². The van der Waals surface area contributed by atoms with Gasteiger partial charge in [-0.3, -0.25) is 4.79 Å². The summed E-state index contributed by atoms with van der Waals surface area (Å²) in [5.41, 5.74) is 4.47. The fourth-order valence-corrected chi connectivity index (χ4v) is 1.79. The van der Waals surface area contributed by atoms with Crippen molar-refractivity contribution in [1.82, 2.24) is 4.98 Å². The van der Waals surface area contributed by atoms with E-state index in [0.717, 1.165) is 6.07 Å². The molecule has 1 heterocycles. The fraction of sp³-hybridized carbons (Fsp3) is 0.154. The number of hydrogen-bond acceptors (Lipinski definition) is 2. The second kappa shape index (κ2) is 4.89. The molecule has 0 aliphatic rings. The maximum absolute atomic E-state index is 12.9. The highest BCUT2D eigenvalue weighted by Crippen LogP contribution is 2.35. The van der Waals surface area contributed by atoms with E-state index >= 15 is 0 Å². The number of halogens is 3. The van der Waals surface area contributed by atoms with E-state index in [4.69, 9.17) is 5.73 Å². The van der Waals surface area contributed by atoms with Crippen LogP contribution in [0.3, 0.4) is 0 Å². The molecule has 0 unspecified atom stereocenters. The Balaban J connectivity index is 2.60. The number of benzene rings is 1. The van der Waals surface area contributed by atoms with Crippen LogP contribution in [-0.2, 0) is 12.7 Å². The molecule has 6 heteroatoms. The van der Waals surface area contributed by atoms with Gasteiger partial charge < -0.3 is 10.7 Å². The largest absolute Gasteiger partial charge is 0.417 e. The van der Waals surface area contributed by atoms with Gasteiger partial charge in [0.05, 0.1) is 5.56 Å². The summed E-state index contributed by atoms with van der Waals surface area (Å²) in [5.74, 6) is 0. The highest BCUT2D eigenvalue weighted by atomic mass is 19.4. The molecule has 0 spiro atoms. The lowest BCUT2D eigenvalue weighted by molar-refractivity contribution is -0.137. The summed E-state index contributed by atoms with van der Waals surface area (Å²) in [5, 5.41) is 0. The highest BCUT2D eigenvalue weighted by molar-refractivity contribution is 5.64. The van der Waals surface area contributed by atoms with E-state index < -0.39 is 17.3 Å². The van der Waals surface area contributed by atoms with Gasteiger partial charge in [0, 0.05) is 23.4 Å². The summed E-state index contributed by atoms with van der Waals surface area (Å²) in [4.78, 5) is 14.0. The lowest BCUT2D eigenvalue weighted by Gasteiger charge is -2.12. The van der Waals surface area contributed by atoms with E-state index in [1.54, 1.807) is 0 Å². The average Bonchev–Trinajstić information content (AvgIpc) is 2.37. The van der Waals surface area contributed by atoms with Crippen molar-refractivity contribution in [1.29, 1.82) is 0 Å². The topological polar surface area (TPSA) is 58.9 Å². The van der Waals surface area contributed by atoms with Crippen molar-refractivity contribution in [3.63, 3.8) is 0 Å². The molecule has 100 valence electrons. The third kappa shape index (κ3) is 2.68. The van der Waals surface area contributed by atoms with Crippen molar-refractivity contribution in [3.05, 3.63) is 57.9 Å². The summed E-state index contributed by atoms with van der Waals surface area (Å²) >= 11 is 0. The van der Waals surface area contributed by atoms with Gasteiger partial charge in [-0.2, -0.15) is 13.2 Å². The summed E-state index contributed by atoms with van der Waals surface area (Å²) in [6.45, 7) is 0.0382. The van der Waals surface area contributed by atoms with Crippen LogP contribution in [0.5, 0.6) is 0 Å². The van der Waals surface area contributed by atoms with Crippen LogP contribution in [0.25, 0.3) is 11.3 Å². The first-order chi connectivity index (χ1) is 8.93. The zero-order chi connectivity index (χ0) is 14.0. The third-order valence-electron chi connectivity index (χ3n) is 2.73. The van der Waals surface area contributed by atoms with Gasteiger partial charge in [-0.1, -0.05) is 24.3 Å². The summed E-state index contributed by atoms with van der Waals surface area (Å²) in [6.07, 6.45) is -4.47. The van der Waals surface area contributed by atoms with Crippen LogP contribution in [0.15, 0.2) is 41.2 Å².